The third-order valence-corrected chi connectivity index (χ3v) is 3.89. The number of thiazole rings is 1. The van der Waals surface area contributed by atoms with Gasteiger partial charge in [0.25, 0.3) is 0 Å². The lowest BCUT2D eigenvalue weighted by Gasteiger charge is -2.38. The smallest absolute Gasteiger partial charge is 0.110 e. The van der Waals surface area contributed by atoms with Crippen LogP contribution < -0.4 is 5.32 Å². The summed E-state index contributed by atoms with van der Waals surface area (Å²) in [5.74, 6) is 0. The first-order chi connectivity index (χ1) is 7.09. The fraction of sp³-hybridized carbons (Fsp3) is 0.727. The van der Waals surface area contributed by atoms with Crippen LogP contribution in [0.5, 0.6) is 0 Å². The molecule has 1 saturated heterocycles. The predicted octanol–water partition coefficient (Wildman–Crippen LogP) is 2.14. The number of aryl methyl sites for hydroxylation is 1. The van der Waals surface area contributed by atoms with Gasteiger partial charge >= 0.3 is 0 Å². The van der Waals surface area contributed by atoms with Crippen LogP contribution in [0.3, 0.4) is 0 Å². The Kier molecular flexibility index (Phi) is 3.09. The van der Waals surface area contributed by atoms with Gasteiger partial charge in [0, 0.05) is 23.0 Å². The molecule has 1 aromatic rings. The first kappa shape index (κ1) is 11.0. The molecule has 1 fully saturated rings. The SMILES string of the molecule is Cc1csc(C(C)NCC2(C)COC2)n1. The standard InChI is InChI=1S/C11H18N2OS/c1-8-4-15-10(13-8)9(2)12-5-11(3)6-14-7-11/h4,9,12H,5-7H2,1-3H3. The topological polar surface area (TPSA) is 34.1 Å². The van der Waals surface area contributed by atoms with Crippen LogP contribution in [0.15, 0.2) is 5.38 Å². The summed E-state index contributed by atoms with van der Waals surface area (Å²) in [5.41, 5.74) is 1.45. The van der Waals surface area contributed by atoms with Crippen LogP contribution in [-0.2, 0) is 4.74 Å². The van der Waals surface area contributed by atoms with Crippen molar-refractivity contribution in [2.45, 2.75) is 26.8 Å². The molecule has 2 rings (SSSR count). The molecule has 1 atom stereocenters. The van der Waals surface area contributed by atoms with Crippen molar-refractivity contribution in [1.82, 2.24) is 10.3 Å². The molecule has 2 heterocycles. The van der Waals surface area contributed by atoms with E-state index in [1.165, 1.54) is 5.01 Å². The molecule has 0 amide bonds. The molecule has 1 aromatic heterocycles. The van der Waals surface area contributed by atoms with Gasteiger partial charge in [-0.3, -0.25) is 0 Å². The Morgan fingerprint density at radius 3 is 2.87 bits per heavy atom. The number of nitrogens with one attached hydrogen (secondary N) is 1. The Hall–Kier alpha value is -0.450. The van der Waals surface area contributed by atoms with Crippen LogP contribution >= 0.6 is 11.3 Å². The van der Waals surface area contributed by atoms with Crippen LogP contribution in [0.4, 0.5) is 0 Å². The van der Waals surface area contributed by atoms with Crippen LogP contribution in [-0.4, -0.2) is 24.7 Å². The van der Waals surface area contributed by atoms with E-state index < -0.39 is 0 Å². The molecule has 0 bridgehead atoms. The Morgan fingerprint density at radius 2 is 2.40 bits per heavy atom. The van der Waals surface area contributed by atoms with E-state index in [2.05, 4.69) is 29.5 Å². The van der Waals surface area contributed by atoms with E-state index in [1.807, 2.05) is 6.92 Å². The van der Waals surface area contributed by atoms with Gasteiger partial charge in [-0.25, -0.2) is 4.98 Å². The van der Waals surface area contributed by atoms with Crippen molar-refractivity contribution in [3.8, 4) is 0 Å². The van der Waals surface area contributed by atoms with Gasteiger partial charge in [-0.2, -0.15) is 0 Å². The first-order valence-electron chi connectivity index (χ1n) is 5.32. The number of nitrogens with zero attached hydrogens (tertiary/aromatic N) is 1. The number of aromatic nitrogens is 1. The van der Waals surface area contributed by atoms with Gasteiger partial charge in [0.05, 0.1) is 19.3 Å². The number of ether oxygens (including phenoxy) is 1. The maximum atomic E-state index is 5.23. The number of rotatable bonds is 4. The fourth-order valence-corrected chi connectivity index (χ4v) is 2.44. The summed E-state index contributed by atoms with van der Waals surface area (Å²) in [6, 6.07) is 0.348. The second-order valence-electron chi connectivity index (χ2n) is 4.73. The molecule has 0 saturated carbocycles. The van der Waals surface area contributed by atoms with Gasteiger partial charge in [-0.15, -0.1) is 11.3 Å². The zero-order chi connectivity index (χ0) is 10.9. The van der Waals surface area contributed by atoms with Crippen molar-refractivity contribution in [3.63, 3.8) is 0 Å². The molecule has 3 nitrogen and oxygen atoms in total. The quantitative estimate of drug-likeness (QED) is 0.854. The molecule has 0 aromatic carbocycles. The van der Waals surface area contributed by atoms with Crippen LogP contribution in [0.1, 0.15) is 30.6 Å². The number of hydrogen-bond donors (Lipinski definition) is 1. The van der Waals surface area contributed by atoms with Gasteiger partial charge in [0.15, 0.2) is 0 Å². The van der Waals surface area contributed by atoms with E-state index in [-0.39, 0.29) is 0 Å². The molecule has 0 radical (unpaired) electrons. The van der Waals surface area contributed by atoms with Gasteiger partial charge in [0.2, 0.25) is 0 Å². The summed E-state index contributed by atoms with van der Waals surface area (Å²) in [7, 11) is 0. The van der Waals surface area contributed by atoms with E-state index in [0.29, 0.717) is 11.5 Å². The largest absolute Gasteiger partial charge is 0.380 e. The lowest BCUT2D eigenvalue weighted by Crippen LogP contribution is -2.47. The molecule has 1 aliphatic rings. The summed E-state index contributed by atoms with van der Waals surface area (Å²) < 4.78 is 5.23. The van der Waals surface area contributed by atoms with E-state index >= 15 is 0 Å². The normalized spacial score (nSPS) is 21.0. The highest BCUT2D eigenvalue weighted by molar-refractivity contribution is 7.09. The maximum Gasteiger partial charge on any atom is 0.110 e. The lowest BCUT2D eigenvalue weighted by atomic mass is 9.88. The van der Waals surface area contributed by atoms with Crippen LogP contribution in [0.25, 0.3) is 0 Å². The zero-order valence-corrected chi connectivity index (χ0v) is 10.4. The molecule has 15 heavy (non-hydrogen) atoms. The lowest BCUT2D eigenvalue weighted by molar-refractivity contribution is -0.0999. The van der Waals surface area contributed by atoms with E-state index in [0.717, 1.165) is 25.5 Å². The summed E-state index contributed by atoms with van der Waals surface area (Å²) in [5, 5.41) is 6.80. The van der Waals surface area contributed by atoms with E-state index in [1.54, 1.807) is 11.3 Å². The van der Waals surface area contributed by atoms with Crippen LogP contribution in [0, 0.1) is 12.3 Å². The second-order valence-corrected chi connectivity index (χ2v) is 5.62. The minimum absolute atomic E-state index is 0.334. The van der Waals surface area contributed by atoms with Crippen molar-refractivity contribution >= 4 is 11.3 Å². The molecule has 0 aliphatic carbocycles. The summed E-state index contributed by atoms with van der Waals surface area (Å²) >= 11 is 1.73. The zero-order valence-electron chi connectivity index (χ0n) is 9.54. The maximum absolute atomic E-state index is 5.23. The van der Waals surface area contributed by atoms with Crippen molar-refractivity contribution in [3.05, 3.63) is 16.1 Å². The van der Waals surface area contributed by atoms with Gasteiger partial charge in [0.1, 0.15) is 5.01 Å². The molecular formula is C11H18N2OS. The molecule has 4 heteroatoms. The molecule has 1 unspecified atom stereocenters. The average Bonchev–Trinajstić information content (AvgIpc) is 2.58. The second kappa shape index (κ2) is 4.20. The van der Waals surface area contributed by atoms with Crippen molar-refractivity contribution in [2.24, 2.45) is 5.41 Å². The van der Waals surface area contributed by atoms with Crippen LogP contribution in [0.2, 0.25) is 0 Å². The van der Waals surface area contributed by atoms with Crippen molar-refractivity contribution < 1.29 is 4.74 Å². The van der Waals surface area contributed by atoms with Crippen molar-refractivity contribution in [1.29, 1.82) is 0 Å². The Labute approximate surface area is 94.9 Å². The third-order valence-electron chi connectivity index (χ3n) is 2.74. The van der Waals surface area contributed by atoms with E-state index in [9.17, 15) is 0 Å². The van der Waals surface area contributed by atoms with Crippen molar-refractivity contribution in [2.75, 3.05) is 19.8 Å². The van der Waals surface area contributed by atoms with Gasteiger partial charge < -0.3 is 10.1 Å². The molecule has 84 valence electrons. The molecule has 1 aliphatic heterocycles. The Morgan fingerprint density at radius 1 is 1.67 bits per heavy atom. The summed E-state index contributed by atoms with van der Waals surface area (Å²) in [6.07, 6.45) is 0. The fourth-order valence-electron chi connectivity index (χ4n) is 1.61. The highest BCUT2D eigenvalue weighted by Crippen LogP contribution is 2.26. The van der Waals surface area contributed by atoms with E-state index in [4.69, 9.17) is 4.74 Å². The Balaban J connectivity index is 1.84. The summed E-state index contributed by atoms with van der Waals surface area (Å²) in [4.78, 5) is 4.48. The van der Waals surface area contributed by atoms with Gasteiger partial charge in [-0.1, -0.05) is 6.92 Å². The van der Waals surface area contributed by atoms with Gasteiger partial charge in [-0.05, 0) is 13.8 Å². The minimum atomic E-state index is 0.334. The Bertz CT molecular complexity index is 333. The molecule has 0 spiro atoms. The highest BCUT2D eigenvalue weighted by Gasteiger charge is 2.33. The first-order valence-corrected chi connectivity index (χ1v) is 6.20. The minimum Gasteiger partial charge on any atom is -0.380 e. The predicted molar refractivity (Wildman–Crippen MR) is 62.2 cm³/mol. The monoisotopic (exact) mass is 226 g/mol. The third kappa shape index (κ3) is 2.56. The molecular weight excluding hydrogens is 208 g/mol. The summed E-state index contributed by atoms with van der Waals surface area (Å²) in [6.45, 7) is 9.22. The number of hydrogen-bond acceptors (Lipinski definition) is 4. The highest BCUT2D eigenvalue weighted by atomic mass is 32.1. The molecule has 1 N–H and O–H groups in total. The average molecular weight is 226 g/mol.